The number of benzene rings is 1. The van der Waals surface area contributed by atoms with Crippen molar-refractivity contribution in [1.82, 2.24) is 4.98 Å². The van der Waals surface area contributed by atoms with E-state index < -0.39 is 0 Å². The van der Waals surface area contributed by atoms with E-state index in [1.807, 2.05) is 6.20 Å². The number of H-pyrrole nitrogens is 1. The van der Waals surface area contributed by atoms with E-state index in [-0.39, 0.29) is 0 Å². The molecule has 2 heteroatoms. The Balaban J connectivity index is 1.77. The molecule has 1 aliphatic rings. The molecule has 1 heterocycles. The van der Waals surface area contributed by atoms with Crippen LogP contribution in [0.1, 0.15) is 39.0 Å². The fraction of sp³-hybridized carbons (Fsp3) is 0.500. The average Bonchev–Trinajstić information content (AvgIpc) is 2.87. The molecular formula is C16H22N2. The van der Waals surface area contributed by atoms with E-state index in [0.29, 0.717) is 6.04 Å². The Bertz CT molecular complexity index is 515. The Morgan fingerprint density at radius 3 is 3.00 bits per heavy atom. The zero-order valence-electron chi connectivity index (χ0n) is 11.1. The van der Waals surface area contributed by atoms with Crippen LogP contribution in [-0.4, -0.2) is 11.0 Å². The summed E-state index contributed by atoms with van der Waals surface area (Å²) in [5.41, 5.74) is 2.49. The Kier molecular flexibility index (Phi) is 3.26. The van der Waals surface area contributed by atoms with Gasteiger partial charge in [0.25, 0.3) is 0 Å². The molecule has 1 fully saturated rings. The first-order valence-electron chi connectivity index (χ1n) is 7.20. The number of rotatable bonds is 3. The summed E-state index contributed by atoms with van der Waals surface area (Å²) < 4.78 is 0. The molecule has 2 aromatic rings. The highest BCUT2D eigenvalue weighted by atomic mass is 14.9. The molecule has 1 aliphatic carbocycles. The predicted octanol–water partition coefficient (Wildman–Crippen LogP) is 4.55. The third-order valence-electron chi connectivity index (χ3n) is 4.34. The van der Waals surface area contributed by atoms with Gasteiger partial charge in [0.15, 0.2) is 0 Å². The van der Waals surface area contributed by atoms with Crippen LogP contribution in [0.15, 0.2) is 30.5 Å². The molecule has 1 saturated carbocycles. The fourth-order valence-electron chi connectivity index (χ4n) is 3.24. The van der Waals surface area contributed by atoms with Crippen LogP contribution in [0.2, 0.25) is 0 Å². The van der Waals surface area contributed by atoms with Crippen molar-refractivity contribution in [2.45, 2.75) is 45.1 Å². The molecule has 3 rings (SSSR count). The number of aromatic nitrogens is 1. The van der Waals surface area contributed by atoms with Crippen molar-refractivity contribution >= 4 is 16.6 Å². The minimum atomic E-state index is 0.667. The van der Waals surface area contributed by atoms with Crippen molar-refractivity contribution in [3.63, 3.8) is 0 Å². The maximum atomic E-state index is 3.75. The van der Waals surface area contributed by atoms with E-state index in [1.165, 1.54) is 48.7 Å². The van der Waals surface area contributed by atoms with E-state index in [1.54, 1.807) is 0 Å². The minimum Gasteiger partial charge on any atom is -0.382 e. The maximum absolute atomic E-state index is 3.75. The maximum Gasteiger partial charge on any atom is 0.0455 e. The highest BCUT2D eigenvalue weighted by Gasteiger charge is 2.23. The van der Waals surface area contributed by atoms with Gasteiger partial charge >= 0.3 is 0 Å². The van der Waals surface area contributed by atoms with Gasteiger partial charge in [-0.15, -0.1) is 0 Å². The first-order chi connectivity index (χ1) is 8.86. The lowest BCUT2D eigenvalue weighted by molar-refractivity contribution is 0.317. The first kappa shape index (κ1) is 11.6. The van der Waals surface area contributed by atoms with Crippen molar-refractivity contribution in [2.24, 2.45) is 5.92 Å². The molecule has 0 saturated heterocycles. The standard InChI is InChI=1S/C16H22N2/c1-2-12-5-3-4-6-16(12)18-14-7-8-15-13(11-14)9-10-17-15/h7-12,16-18H,2-6H2,1H3. The third kappa shape index (κ3) is 2.24. The monoisotopic (exact) mass is 242 g/mol. The minimum absolute atomic E-state index is 0.667. The average molecular weight is 242 g/mol. The number of hydrogen-bond donors (Lipinski definition) is 2. The number of fused-ring (bicyclic) bond motifs is 1. The quantitative estimate of drug-likeness (QED) is 0.812. The van der Waals surface area contributed by atoms with Gasteiger partial charge in [0.2, 0.25) is 0 Å². The van der Waals surface area contributed by atoms with Gasteiger partial charge in [-0.1, -0.05) is 26.2 Å². The Morgan fingerprint density at radius 1 is 1.22 bits per heavy atom. The molecule has 0 radical (unpaired) electrons. The largest absolute Gasteiger partial charge is 0.382 e. The number of nitrogens with one attached hydrogen (secondary N) is 2. The lowest BCUT2D eigenvalue weighted by Crippen LogP contribution is -2.31. The molecule has 1 aromatic carbocycles. The van der Waals surface area contributed by atoms with Crippen LogP contribution in [0.4, 0.5) is 5.69 Å². The van der Waals surface area contributed by atoms with E-state index in [4.69, 9.17) is 0 Å². The van der Waals surface area contributed by atoms with E-state index in [2.05, 4.69) is 41.5 Å². The lowest BCUT2D eigenvalue weighted by Gasteiger charge is -2.32. The van der Waals surface area contributed by atoms with Gasteiger partial charge in [-0.3, -0.25) is 0 Å². The second-order valence-corrected chi connectivity index (χ2v) is 5.48. The summed E-state index contributed by atoms with van der Waals surface area (Å²) in [6.45, 7) is 2.32. The lowest BCUT2D eigenvalue weighted by atomic mass is 9.83. The topological polar surface area (TPSA) is 27.8 Å². The summed E-state index contributed by atoms with van der Waals surface area (Å²) in [5.74, 6) is 0.848. The van der Waals surface area contributed by atoms with Gasteiger partial charge in [0, 0.05) is 28.8 Å². The molecule has 96 valence electrons. The van der Waals surface area contributed by atoms with Crippen LogP contribution in [0.5, 0.6) is 0 Å². The summed E-state index contributed by atoms with van der Waals surface area (Å²) in [5, 5.41) is 5.05. The van der Waals surface area contributed by atoms with Crippen LogP contribution >= 0.6 is 0 Å². The summed E-state index contributed by atoms with van der Waals surface area (Å²) in [7, 11) is 0. The SMILES string of the molecule is CCC1CCCCC1Nc1ccc2[nH]ccc2c1. The highest BCUT2D eigenvalue weighted by Crippen LogP contribution is 2.30. The summed E-state index contributed by atoms with van der Waals surface area (Å²) >= 11 is 0. The molecule has 2 nitrogen and oxygen atoms in total. The molecule has 2 atom stereocenters. The number of hydrogen-bond acceptors (Lipinski definition) is 1. The molecule has 0 spiro atoms. The van der Waals surface area contributed by atoms with Crippen molar-refractivity contribution in [1.29, 1.82) is 0 Å². The van der Waals surface area contributed by atoms with Crippen molar-refractivity contribution < 1.29 is 0 Å². The van der Waals surface area contributed by atoms with Gasteiger partial charge < -0.3 is 10.3 Å². The summed E-state index contributed by atoms with van der Waals surface area (Å²) in [4.78, 5) is 3.24. The van der Waals surface area contributed by atoms with Gasteiger partial charge in [0.05, 0.1) is 0 Å². The van der Waals surface area contributed by atoms with E-state index in [0.717, 1.165) is 5.92 Å². The van der Waals surface area contributed by atoms with Crippen molar-refractivity contribution in [3.8, 4) is 0 Å². The molecule has 18 heavy (non-hydrogen) atoms. The van der Waals surface area contributed by atoms with Crippen LogP contribution in [0.25, 0.3) is 10.9 Å². The molecule has 0 aliphatic heterocycles. The number of anilines is 1. The van der Waals surface area contributed by atoms with Gasteiger partial charge in [0.1, 0.15) is 0 Å². The second kappa shape index (κ2) is 5.05. The zero-order valence-corrected chi connectivity index (χ0v) is 11.1. The van der Waals surface area contributed by atoms with E-state index in [9.17, 15) is 0 Å². The Hall–Kier alpha value is -1.44. The highest BCUT2D eigenvalue weighted by molar-refractivity contribution is 5.83. The smallest absolute Gasteiger partial charge is 0.0455 e. The van der Waals surface area contributed by atoms with E-state index >= 15 is 0 Å². The van der Waals surface area contributed by atoms with Gasteiger partial charge in [-0.2, -0.15) is 0 Å². The molecule has 2 unspecified atom stereocenters. The zero-order chi connectivity index (χ0) is 12.4. The summed E-state index contributed by atoms with van der Waals surface area (Å²) in [6, 6.07) is 9.42. The normalized spacial score (nSPS) is 24.3. The van der Waals surface area contributed by atoms with Crippen LogP contribution in [0, 0.1) is 5.92 Å². The first-order valence-corrected chi connectivity index (χ1v) is 7.20. The van der Waals surface area contributed by atoms with Gasteiger partial charge in [-0.05, 0) is 43.0 Å². The van der Waals surface area contributed by atoms with Gasteiger partial charge in [-0.25, -0.2) is 0 Å². The Morgan fingerprint density at radius 2 is 2.11 bits per heavy atom. The molecule has 0 bridgehead atoms. The van der Waals surface area contributed by atoms with Crippen LogP contribution < -0.4 is 5.32 Å². The fourth-order valence-corrected chi connectivity index (χ4v) is 3.24. The van der Waals surface area contributed by atoms with Crippen LogP contribution in [0.3, 0.4) is 0 Å². The molecule has 1 aromatic heterocycles. The van der Waals surface area contributed by atoms with Crippen molar-refractivity contribution in [3.05, 3.63) is 30.5 Å². The van der Waals surface area contributed by atoms with Crippen molar-refractivity contribution in [2.75, 3.05) is 5.32 Å². The molecule has 0 amide bonds. The Labute approximate surface area is 109 Å². The van der Waals surface area contributed by atoms with Crippen LogP contribution in [-0.2, 0) is 0 Å². The predicted molar refractivity (Wildman–Crippen MR) is 78.0 cm³/mol. The third-order valence-corrected chi connectivity index (χ3v) is 4.34. The second-order valence-electron chi connectivity index (χ2n) is 5.48. The summed E-state index contributed by atoms with van der Waals surface area (Å²) in [6.07, 6.45) is 8.80. The molecule has 2 N–H and O–H groups in total. The molecular weight excluding hydrogens is 220 g/mol. The number of aromatic amines is 1.